The molecule has 18 heavy (non-hydrogen) atoms. The molecule has 1 rings (SSSR count). The van der Waals surface area contributed by atoms with Crippen molar-refractivity contribution in [3.63, 3.8) is 0 Å². The Morgan fingerprint density at radius 2 is 2.33 bits per heavy atom. The average molecular weight is 273 g/mol. The second-order valence-corrected chi connectivity index (χ2v) is 4.56. The van der Waals surface area contributed by atoms with Crippen LogP contribution in [0.25, 0.3) is 0 Å². The van der Waals surface area contributed by atoms with Crippen molar-refractivity contribution >= 4 is 29.2 Å². The number of thioether (sulfide) groups is 1. The molecule has 0 spiro atoms. The van der Waals surface area contributed by atoms with Crippen LogP contribution in [-0.2, 0) is 0 Å². The summed E-state index contributed by atoms with van der Waals surface area (Å²) in [5.74, 6) is 1.75. The number of nitro groups is 1. The number of nitrogens with one attached hydrogen (secondary N) is 1. The molecule has 4 N–H and O–H groups in total. The summed E-state index contributed by atoms with van der Waals surface area (Å²) in [6.07, 6.45) is 1.83. The summed E-state index contributed by atoms with van der Waals surface area (Å²) in [6.45, 7) is 0.710. The Balaban J connectivity index is 2.45. The number of nitrogens with zero attached hydrogens (tertiary/aromatic N) is 3. The Morgan fingerprint density at radius 3 is 3.00 bits per heavy atom. The van der Waals surface area contributed by atoms with E-state index < -0.39 is 4.92 Å². The molecule has 0 aliphatic heterocycles. The number of hydrogen-bond acceptors (Lipinski definition) is 8. The summed E-state index contributed by atoms with van der Waals surface area (Å²) in [5.41, 5.74) is 5.19. The topological polar surface area (TPSA) is 127 Å². The number of aliphatic hydroxyl groups is 1. The van der Waals surface area contributed by atoms with E-state index in [0.717, 1.165) is 24.1 Å². The van der Waals surface area contributed by atoms with Crippen LogP contribution in [0, 0.1) is 10.1 Å². The predicted octanol–water partition coefficient (Wildman–Crippen LogP) is 0.494. The molecule has 0 saturated carbocycles. The van der Waals surface area contributed by atoms with E-state index in [1.54, 1.807) is 11.8 Å². The number of aromatic nitrogens is 2. The highest BCUT2D eigenvalue weighted by Crippen LogP contribution is 2.20. The Hall–Kier alpha value is -1.61. The summed E-state index contributed by atoms with van der Waals surface area (Å²) in [6, 6.07) is 0. The molecule has 0 saturated heterocycles. The molecular weight excluding hydrogens is 258 g/mol. The van der Waals surface area contributed by atoms with E-state index in [2.05, 4.69) is 15.3 Å². The molecule has 0 amide bonds. The number of nitrogen functional groups attached to an aromatic ring is 1. The molecule has 9 heteroatoms. The van der Waals surface area contributed by atoms with Gasteiger partial charge in [0.25, 0.3) is 0 Å². The average Bonchev–Trinajstić information content (AvgIpc) is 2.33. The van der Waals surface area contributed by atoms with Crippen LogP contribution in [0.15, 0.2) is 6.20 Å². The van der Waals surface area contributed by atoms with Crippen molar-refractivity contribution < 1.29 is 10.0 Å². The van der Waals surface area contributed by atoms with Crippen LogP contribution in [0.1, 0.15) is 6.42 Å². The lowest BCUT2D eigenvalue weighted by atomic mass is 10.4. The predicted molar refractivity (Wildman–Crippen MR) is 70.6 cm³/mol. The highest BCUT2D eigenvalue weighted by molar-refractivity contribution is 7.99. The Labute approximate surface area is 108 Å². The monoisotopic (exact) mass is 273 g/mol. The van der Waals surface area contributed by atoms with Gasteiger partial charge in [-0.15, -0.1) is 0 Å². The number of rotatable bonds is 8. The zero-order valence-corrected chi connectivity index (χ0v) is 10.5. The highest BCUT2D eigenvalue weighted by Gasteiger charge is 2.15. The summed E-state index contributed by atoms with van der Waals surface area (Å²) in [5, 5.41) is 22.2. The van der Waals surface area contributed by atoms with Gasteiger partial charge in [0.05, 0.1) is 4.92 Å². The molecule has 1 aromatic rings. The molecule has 0 bridgehead atoms. The maximum absolute atomic E-state index is 10.7. The minimum Gasteiger partial charge on any atom is -0.396 e. The second kappa shape index (κ2) is 7.67. The minimum absolute atomic E-state index is 0.00367. The minimum atomic E-state index is -0.555. The van der Waals surface area contributed by atoms with Crippen LogP contribution in [0.4, 0.5) is 17.5 Å². The van der Waals surface area contributed by atoms with Crippen LogP contribution in [0.3, 0.4) is 0 Å². The van der Waals surface area contributed by atoms with Gasteiger partial charge >= 0.3 is 5.69 Å². The van der Waals surface area contributed by atoms with E-state index in [-0.39, 0.29) is 24.1 Å². The Bertz CT molecular complexity index is 404. The van der Waals surface area contributed by atoms with Gasteiger partial charge in [0.2, 0.25) is 11.8 Å². The van der Waals surface area contributed by atoms with Gasteiger partial charge in [-0.25, -0.2) is 4.98 Å². The molecule has 0 aromatic carbocycles. The second-order valence-electron chi connectivity index (χ2n) is 3.34. The summed E-state index contributed by atoms with van der Waals surface area (Å²) in [7, 11) is 0. The van der Waals surface area contributed by atoms with Crippen molar-refractivity contribution in [2.24, 2.45) is 0 Å². The van der Waals surface area contributed by atoms with Gasteiger partial charge in [0.15, 0.2) is 0 Å². The molecule has 0 radical (unpaired) electrons. The van der Waals surface area contributed by atoms with Crippen molar-refractivity contribution in [2.75, 3.05) is 35.7 Å². The molecule has 1 heterocycles. The molecule has 8 nitrogen and oxygen atoms in total. The first-order valence-electron chi connectivity index (χ1n) is 5.34. The Kier molecular flexibility index (Phi) is 6.15. The summed E-state index contributed by atoms with van der Waals surface area (Å²) in [4.78, 5) is 17.5. The van der Waals surface area contributed by atoms with E-state index in [9.17, 15) is 10.1 Å². The van der Waals surface area contributed by atoms with Crippen LogP contribution in [-0.4, -0.2) is 44.7 Å². The smallest absolute Gasteiger partial charge is 0.329 e. The third-order valence-electron chi connectivity index (χ3n) is 1.97. The van der Waals surface area contributed by atoms with Crippen molar-refractivity contribution in [3.8, 4) is 0 Å². The molecule has 0 unspecified atom stereocenters. The lowest BCUT2D eigenvalue weighted by Gasteiger charge is -2.06. The zero-order chi connectivity index (χ0) is 13.4. The third-order valence-corrected chi connectivity index (χ3v) is 3.04. The molecule has 100 valence electrons. The summed E-state index contributed by atoms with van der Waals surface area (Å²) < 4.78 is 0. The van der Waals surface area contributed by atoms with E-state index in [4.69, 9.17) is 10.8 Å². The largest absolute Gasteiger partial charge is 0.396 e. The first-order chi connectivity index (χ1) is 8.65. The first kappa shape index (κ1) is 14.5. The van der Waals surface area contributed by atoms with Crippen LogP contribution in [0.5, 0.6) is 0 Å². The molecular formula is C9H15N5O3S. The number of aliphatic hydroxyl groups excluding tert-OH is 1. The quantitative estimate of drug-likeness (QED) is 0.355. The number of nitrogens with two attached hydrogens (primary N) is 1. The van der Waals surface area contributed by atoms with Gasteiger partial charge in [0.1, 0.15) is 6.20 Å². The fourth-order valence-electron chi connectivity index (χ4n) is 1.16. The number of hydrogen-bond donors (Lipinski definition) is 3. The molecule has 0 aliphatic carbocycles. The maximum Gasteiger partial charge on any atom is 0.329 e. The maximum atomic E-state index is 10.7. The van der Waals surface area contributed by atoms with Crippen molar-refractivity contribution in [1.29, 1.82) is 0 Å². The fourth-order valence-corrected chi connectivity index (χ4v) is 1.95. The van der Waals surface area contributed by atoms with Crippen LogP contribution >= 0.6 is 11.8 Å². The molecule has 0 atom stereocenters. The SMILES string of the molecule is Nc1ncc([N+](=O)[O-])c(NCCSCCCO)n1. The molecule has 0 fully saturated rings. The van der Waals surface area contributed by atoms with Gasteiger partial charge in [-0.2, -0.15) is 16.7 Å². The fraction of sp³-hybridized carbons (Fsp3) is 0.556. The lowest BCUT2D eigenvalue weighted by Crippen LogP contribution is -2.10. The van der Waals surface area contributed by atoms with Gasteiger partial charge in [0, 0.05) is 18.9 Å². The van der Waals surface area contributed by atoms with Gasteiger partial charge in [-0.05, 0) is 12.2 Å². The van der Waals surface area contributed by atoms with E-state index in [0.29, 0.717) is 6.54 Å². The van der Waals surface area contributed by atoms with E-state index in [1.807, 2.05) is 0 Å². The van der Waals surface area contributed by atoms with E-state index in [1.165, 1.54) is 0 Å². The molecule has 0 aliphatic rings. The highest BCUT2D eigenvalue weighted by atomic mass is 32.2. The van der Waals surface area contributed by atoms with Crippen molar-refractivity contribution in [2.45, 2.75) is 6.42 Å². The first-order valence-corrected chi connectivity index (χ1v) is 6.50. The van der Waals surface area contributed by atoms with Gasteiger partial charge in [-0.3, -0.25) is 10.1 Å². The van der Waals surface area contributed by atoms with E-state index >= 15 is 0 Å². The zero-order valence-electron chi connectivity index (χ0n) is 9.70. The van der Waals surface area contributed by atoms with Gasteiger partial charge in [-0.1, -0.05) is 0 Å². The standard InChI is InChI=1S/C9H15N5O3S/c10-9-12-6-7(14(16)17)8(13-9)11-2-5-18-4-1-3-15/h6,15H,1-5H2,(H3,10,11,12,13). The van der Waals surface area contributed by atoms with Crippen molar-refractivity contribution in [1.82, 2.24) is 9.97 Å². The van der Waals surface area contributed by atoms with Crippen molar-refractivity contribution in [3.05, 3.63) is 16.3 Å². The third kappa shape index (κ3) is 4.72. The molecule has 1 aromatic heterocycles. The van der Waals surface area contributed by atoms with Crippen LogP contribution < -0.4 is 11.1 Å². The normalized spacial score (nSPS) is 10.3. The van der Waals surface area contributed by atoms with Gasteiger partial charge < -0.3 is 16.2 Å². The Morgan fingerprint density at radius 1 is 1.56 bits per heavy atom. The number of anilines is 2. The lowest BCUT2D eigenvalue weighted by molar-refractivity contribution is -0.384. The summed E-state index contributed by atoms with van der Waals surface area (Å²) >= 11 is 1.65. The van der Waals surface area contributed by atoms with Crippen LogP contribution in [0.2, 0.25) is 0 Å².